The van der Waals surface area contributed by atoms with Gasteiger partial charge in [0.2, 0.25) is 15.9 Å². The third-order valence-electron chi connectivity index (χ3n) is 4.27. The largest absolute Gasteiger partial charge is 0.384 e. The van der Waals surface area contributed by atoms with Crippen molar-refractivity contribution in [2.24, 2.45) is 10.9 Å². The summed E-state index contributed by atoms with van der Waals surface area (Å²) in [4.78, 5) is 12.3. The number of sulfonamides is 1. The van der Waals surface area contributed by atoms with Crippen molar-refractivity contribution < 1.29 is 13.2 Å². The molecule has 7 nitrogen and oxygen atoms in total. The highest BCUT2D eigenvalue weighted by Crippen LogP contribution is 2.23. The summed E-state index contributed by atoms with van der Waals surface area (Å²) in [6, 6.07) is 20.4. The molecule has 0 bridgehead atoms. The van der Waals surface area contributed by atoms with Crippen LogP contribution >= 0.6 is 0 Å². The number of nitrogen functional groups attached to an aromatic ring is 1. The van der Waals surface area contributed by atoms with Crippen LogP contribution in [-0.4, -0.2) is 20.2 Å². The molecule has 3 aromatic carbocycles. The van der Waals surface area contributed by atoms with Gasteiger partial charge in [0, 0.05) is 11.3 Å². The maximum absolute atomic E-state index is 12.3. The van der Waals surface area contributed by atoms with Gasteiger partial charge in [-0.05, 0) is 47.0 Å². The van der Waals surface area contributed by atoms with Crippen LogP contribution in [0.3, 0.4) is 0 Å². The molecule has 0 aromatic heterocycles. The third kappa shape index (κ3) is 5.28. The average molecular weight is 408 g/mol. The fraction of sp³-hybridized carbons (Fsp3) is 0.0476. The van der Waals surface area contributed by atoms with Crippen molar-refractivity contribution >= 4 is 27.5 Å². The van der Waals surface area contributed by atoms with E-state index in [1.165, 1.54) is 12.1 Å². The van der Waals surface area contributed by atoms with Crippen molar-refractivity contribution in [3.05, 3.63) is 83.9 Å². The highest BCUT2D eigenvalue weighted by atomic mass is 32.2. The first kappa shape index (κ1) is 20.2. The molecule has 0 fully saturated rings. The number of benzene rings is 3. The lowest BCUT2D eigenvalue weighted by atomic mass is 10.1. The SMILES string of the molecule is N=C(N)c1cccc(CC(=O)Nc2ccc(-c3cccc(S(N)(=O)=O)c3)cc2)c1. The number of rotatable bonds is 6. The Morgan fingerprint density at radius 1 is 0.931 bits per heavy atom. The summed E-state index contributed by atoms with van der Waals surface area (Å²) in [5.41, 5.74) is 8.91. The van der Waals surface area contributed by atoms with Gasteiger partial charge < -0.3 is 11.1 Å². The van der Waals surface area contributed by atoms with E-state index < -0.39 is 10.0 Å². The Morgan fingerprint density at radius 3 is 2.28 bits per heavy atom. The zero-order valence-electron chi connectivity index (χ0n) is 15.4. The molecule has 3 aromatic rings. The first-order valence-corrected chi connectivity index (χ1v) is 10.2. The maximum atomic E-state index is 12.3. The van der Waals surface area contributed by atoms with Gasteiger partial charge in [0.05, 0.1) is 11.3 Å². The van der Waals surface area contributed by atoms with Gasteiger partial charge in [0.15, 0.2) is 0 Å². The predicted octanol–water partition coefficient (Wildman–Crippen LogP) is 2.47. The number of primary sulfonamides is 1. The number of carbonyl (C=O) groups is 1. The lowest BCUT2D eigenvalue weighted by molar-refractivity contribution is -0.115. The van der Waals surface area contributed by atoms with Crippen LogP contribution in [0.2, 0.25) is 0 Å². The van der Waals surface area contributed by atoms with E-state index in [9.17, 15) is 13.2 Å². The van der Waals surface area contributed by atoms with E-state index >= 15 is 0 Å². The van der Waals surface area contributed by atoms with Crippen LogP contribution in [0.25, 0.3) is 11.1 Å². The van der Waals surface area contributed by atoms with Crippen LogP contribution in [-0.2, 0) is 21.2 Å². The van der Waals surface area contributed by atoms with E-state index in [4.69, 9.17) is 16.3 Å². The van der Waals surface area contributed by atoms with Gasteiger partial charge in [-0.25, -0.2) is 13.6 Å². The lowest BCUT2D eigenvalue weighted by Crippen LogP contribution is -2.15. The summed E-state index contributed by atoms with van der Waals surface area (Å²) >= 11 is 0. The van der Waals surface area contributed by atoms with E-state index in [1.807, 2.05) is 0 Å². The van der Waals surface area contributed by atoms with Gasteiger partial charge in [-0.2, -0.15) is 0 Å². The third-order valence-corrected chi connectivity index (χ3v) is 5.18. The second-order valence-electron chi connectivity index (χ2n) is 6.49. The number of hydrogen-bond acceptors (Lipinski definition) is 4. The standard InChI is InChI=1S/C21H20N4O3S/c22-21(23)17-5-1-3-14(11-17)12-20(26)25-18-9-7-15(8-10-18)16-4-2-6-19(13-16)29(24,27)28/h1-11,13H,12H2,(H3,22,23)(H,25,26)(H2,24,27,28). The van der Waals surface area contributed by atoms with Crippen molar-refractivity contribution in [1.82, 2.24) is 0 Å². The number of hydrogen-bond donors (Lipinski definition) is 4. The molecule has 29 heavy (non-hydrogen) atoms. The molecule has 0 atom stereocenters. The van der Waals surface area contributed by atoms with E-state index in [-0.39, 0.29) is 23.1 Å². The van der Waals surface area contributed by atoms with Crippen molar-refractivity contribution in [1.29, 1.82) is 5.41 Å². The molecular weight excluding hydrogens is 388 g/mol. The molecule has 0 saturated carbocycles. The Kier molecular flexibility index (Phi) is 5.76. The molecule has 0 aliphatic carbocycles. The van der Waals surface area contributed by atoms with Crippen molar-refractivity contribution in [3.8, 4) is 11.1 Å². The minimum Gasteiger partial charge on any atom is -0.384 e. The quantitative estimate of drug-likeness (QED) is 0.367. The van der Waals surface area contributed by atoms with Crippen LogP contribution in [0, 0.1) is 5.41 Å². The fourth-order valence-electron chi connectivity index (χ4n) is 2.84. The Morgan fingerprint density at radius 2 is 1.62 bits per heavy atom. The molecule has 0 saturated heterocycles. The van der Waals surface area contributed by atoms with Gasteiger partial charge in [-0.3, -0.25) is 10.2 Å². The molecule has 1 amide bonds. The van der Waals surface area contributed by atoms with Gasteiger partial charge in [0.25, 0.3) is 0 Å². The van der Waals surface area contributed by atoms with E-state index in [0.29, 0.717) is 16.8 Å². The summed E-state index contributed by atoms with van der Waals surface area (Å²) < 4.78 is 23.0. The molecule has 0 unspecified atom stereocenters. The van der Waals surface area contributed by atoms with Crippen LogP contribution < -0.4 is 16.2 Å². The Labute approximate surface area is 168 Å². The van der Waals surface area contributed by atoms with E-state index in [0.717, 1.165) is 11.1 Å². The average Bonchev–Trinajstić information content (AvgIpc) is 2.68. The topological polar surface area (TPSA) is 139 Å². The molecule has 0 aliphatic heterocycles. The van der Waals surface area contributed by atoms with Crippen LogP contribution in [0.4, 0.5) is 5.69 Å². The van der Waals surface area contributed by atoms with Crippen molar-refractivity contribution in [2.75, 3.05) is 5.32 Å². The monoisotopic (exact) mass is 408 g/mol. The number of amides is 1. The number of anilines is 1. The summed E-state index contributed by atoms with van der Waals surface area (Å²) in [5, 5.41) is 15.5. The second-order valence-corrected chi connectivity index (χ2v) is 8.05. The van der Waals surface area contributed by atoms with E-state index in [1.54, 1.807) is 60.7 Å². The molecule has 0 heterocycles. The van der Waals surface area contributed by atoms with Gasteiger partial charge in [0.1, 0.15) is 5.84 Å². The molecule has 6 N–H and O–H groups in total. The Hall–Kier alpha value is -3.49. The summed E-state index contributed by atoms with van der Waals surface area (Å²) in [5.74, 6) is -0.246. The molecular formula is C21H20N4O3S. The highest BCUT2D eigenvalue weighted by molar-refractivity contribution is 7.89. The normalized spacial score (nSPS) is 11.1. The zero-order chi connectivity index (χ0) is 21.0. The van der Waals surface area contributed by atoms with Crippen LogP contribution in [0.1, 0.15) is 11.1 Å². The number of nitrogens with two attached hydrogens (primary N) is 2. The van der Waals surface area contributed by atoms with Gasteiger partial charge in [-0.1, -0.05) is 42.5 Å². The molecule has 148 valence electrons. The van der Waals surface area contributed by atoms with E-state index in [2.05, 4.69) is 5.32 Å². The number of nitrogens with one attached hydrogen (secondary N) is 2. The Balaban J connectivity index is 1.70. The van der Waals surface area contributed by atoms with Crippen LogP contribution in [0.15, 0.2) is 77.7 Å². The fourth-order valence-corrected chi connectivity index (χ4v) is 3.40. The molecule has 0 aliphatic rings. The number of amidine groups is 1. The minimum atomic E-state index is -3.77. The molecule has 3 rings (SSSR count). The first-order valence-electron chi connectivity index (χ1n) is 8.69. The highest BCUT2D eigenvalue weighted by Gasteiger charge is 2.10. The minimum absolute atomic E-state index is 0.0418. The van der Waals surface area contributed by atoms with Crippen molar-refractivity contribution in [2.45, 2.75) is 11.3 Å². The second kappa shape index (κ2) is 8.26. The summed E-state index contributed by atoms with van der Waals surface area (Å²) in [6.45, 7) is 0. The molecule has 0 radical (unpaired) electrons. The van der Waals surface area contributed by atoms with Gasteiger partial charge >= 0.3 is 0 Å². The molecule has 0 spiro atoms. The summed E-state index contributed by atoms with van der Waals surface area (Å²) in [6.07, 6.45) is 0.152. The first-order chi connectivity index (χ1) is 13.7. The smallest absolute Gasteiger partial charge is 0.238 e. The number of carbonyl (C=O) groups excluding carboxylic acids is 1. The summed E-state index contributed by atoms with van der Waals surface area (Å²) in [7, 11) is -3.77. The van der Waals surface area contributed by atoms with Crippen molar-refractivity contribution in [3.63, 3.8) is 0 Å². The predicted molar refractivity (Wildman–Crippen MR) is 113 cm³/mol. The van der Waals surface area contributed by atoms with Gasteiger partial charge in [-0.15, -0.1) is 0 Å². The lowest BCUT2D eigenvalue weighted by Gasteiger charge is -2.08. The maximum Gasteiger partial charge on any atom is 0.238 e. The Bertz CT molecular complexity index is 1170. The molecule has 8 heteroatoms. The zero-order valence-corrected chi connectivity index (χ0v) is 16.2. The van der Waals surface area contributed by atoms with Crippen LogP contribution in [0.5, 0.6) is 0 Å².